The number of carbonyl (C=O) groups excluding carboxylic acids is 7. The summed E-state index contributed by atoms with van der Waals surface area (Å²) in [6, 6.07) is -8.60. The lowest BCUT2D eigenvalue weighted by molar-refractivity contribution is -0.143. The van der Waals surface area contributed by atoms with E-state index in [1.54, 1.807) is 27.7 Å². The van der Waals surface area contributed by atoms with Gasteiger partial charge in [-0.3, -0.25) is 38.4 Å². The van der Waals surface area contributed by atoms with Gasteiger partial charge in [0.05, 0.1) is 19.1 Å². The van der Waals surface area contributed by atoms with E-state index in [1.165, 1.54) is 13.8 Å². The number of hydrogen-bond acceptors (Lipinski definition) is 11. The van der Waals surface area contributed by atoms with Crippen LogP contribution in [0.25, 0.3) is 0 Å². The Morgan fingerprint density at radius 1 is 0.653 bits per heavy atom. The fourth-order valence-electron chi connectivity index (χ4n) is 4.24. The molecule has 0 aliphatic heterocycles. The third kappa shape index (κ3) is 15.7. The van der Waals surface area contributed by atoms with Crippen LogP contribution in [0.1, 0.15) is 67.2 Å². The zero-order valence-corrected chi connectivity index (χ0v) is 28.4. The minimum atomic E-state index is -1.68. The molecule has 20 nitrogen and oxygen atoms in total. The topological polar surface area (TPSA) is 339 Å². The van der Waals surface area contributed by atoms with Crippen molar-refractivity contribution in [3.63, 3.8) is 0 Å². The van der Waals surface area contributed by atoms with Gasteiger partial charge in [0.2, 0.25) is 41.4 Å². The predicted octanol–water partition coefficient (Wildman–Crippen LogP) is -4.22. The molecule has 0 aromatic rings. The molecule has 278 valence electrons. The highest BCUT2D eigenvalue weighted by atomic mass is 16.4. The minimum Gasteiger partial charge on any atom is -0.481 e. The highest BCUT2D eigenvalue weighted by Crippen LogP contribution is 2.12. The van der Waals surface area contributed by atoms with Gasteiger partial charge in [-0.15, -0.1) is 0 Å². The number of carboxylic acids is 2. The molecule has 0 bridgehead atoms. The van der Waals surface area contributed by atoms with Gasteiger partial charge in [-0.1, -0.05) is 34.1 Å². The third-order valence-corrected chi connectivity index (χ3v) is 7.36. The van der Waals surface area contributed by atoms with E-state index in [-0.39, 0.29) is 0 Å². The molecule has 0 heterocycles. The zero-order chi connectivity index (χ0) is 38.2. The fraction of sp³-hybridized carbons (Fsp3) is 0.690. The number of carboxylic acid groups (broad SMARTS) is 2. The monoisotopic (exact) mass is 702 g/mol. The molecular weight excluding hydrogens is 652 g/mol. The molecule has 0 saturated heterocycles. The van der Waals surface area contributed by atoms with Crippen molar-refractivity contribution in [2.45, 2.75) is 110 Å². The number of carbonyl (C=O) groups is 9. The van der Waals surface area contributed by atoms with Crippen molar-refractivity contribution in [1.82, 2.24) is 31.9 Å². The molecule has 0 unspecified atom stereocenters. The summed E-state index contributed by atoms with van der Waals surface area (Å²) in [5.74, 6) is -10.2. The summed E-state index contributed by atoms with van der Waals surface area (Å²) < 4.78 is 0. The Hall–Kier alpha value is -4.85. The van der Waals surface area contributed by atoms with Crippen LogP contribution in [0, 0.1) is 11.8 Å². The van der Waals surface area contributed by atoms with E-state index < -0.39 is 133 Å². The Balaban J connectivity index is 5.89. The van der Waals surface area contributed by atoms with Crippen molar-refractivity contribution in [2.75, 3.05) is 6.54 Å². The van der Waals surface area contributed by atoms with Crippen LogP contribution in [0.4, 0.5) is 0 Å². The first-order valence-corrected chi connectivity index (χ1v) is 15.6. The van der Waals surface area contributed by atoms with Crippen molar-refractivity contribution in [3.8, 4) is 0 Å². The maximum Gasteiger partial charge on any atom is 0.326 e. The number of aliphatic hydroxyl groups excluding tert-OH is 1. The number of amides is 7. The van der Waals surface area contributed by atoms with Gasteiger partial charge in [-0.2, -0.15) is 0 Å². The molecule has 0 aromatic heterocycles. The van der Waals surface area contributed by atoms with Crippen LogP contribution in [0.5, 0.6) is 0 Å². The van der Waals surface area contributed by atoms with Gasteiger partial charge in [0, 0.05) is 6.42 Å². The summed E-state index contributed by atoms with van der Waals surface area (Å²) in [7, 11) is 0. The van der Waals surface area contributed by atoms with Crippen molar-refractivity contribution < 1.29 is 58.5 Å². The maximum absolute atomic E-state index is 13.5. The SMILES string of the molecule is CC[C@H](C)[C@H](NC(=O)[C@@H](NC(=O)[C@H](CC(N)=O)NC(=O)CN)[C@@H](C)O)C(=O)N[C@H](C(=O)N[C@@H](C)C(=O)N[C@@H](CCC(=O)O)C(=O)O)C(C)C. The summed E-state index contributed by atoms with van der Waals surface area (Å²) in [5, 5.41) is 42.4. The Kier molecular flexibility index (Phi) is 19.1. The van der Waals surface area contributed by atoms with E-state index in [9.17, 15) is 53.4 Å². The molecule has 0 aliphatic carbocycles. The van der Waals surface area contributed by atoms with Crippen molar-refractivity contribution >= 4 is 53.3 Å². The molecule has 0 aliphatic rings. The second-order valence-electron chi connectivity index (χ2n) is 11.9. The maximum atomic E-state index is 13.5. The van der Waals surface area contributed by atoms with Gasteiger partial charge in [-0.25, -0.2) is 4.79 Å². The molecule has 7 amide bonds. The second kappa shape index (κ2) is 21.2. The van der Waals surface area contributed by atoms with Crippen LogP contribution in [-0.4, -0.2) is 118 Å². The van der Waals surface area contributed by atoms with E-state index >= 15 is 0 Å². The van der Waals surface area contributed by atoms with Crippen molar-refractivity contribution in [1.29, 1.82) is 0 Å². The molecule has 13 N–H and O–H groups in total. The molecule has 49 heavy (non-hydrogen) atoms. The van der Waals surface area contributed by atoms with E-state index in [0.29, 0.717) is 6.42 Å². The lowest BCUT2D eigenvalue weighted by Gasteiger charge is -2.30. The van der Waals surface area contributed by atoms with Gasteiger partial charge in [0.15, 0.2) is 0 Å². The minimum absolute atomic E-state index is 0.345. The predicted molar refractivity (Wildman–Crippen MR) is 171 cm³/mol. The lowest BCUT2D eigenvalue weighted by atomic mass is 9.95. The summed E-state index contributed by atoms with van der Waals surface area (Å²) in [6.45, 7) is 8.41. The highest BCUT2D eigenvalue weighted by Gasteiger charge is 2.36. The summed E-state index contributed by atoms with van der Waals surface area (Å²) in [5.41, 5.74) is 10.4. The number of nitrogens with two attached hydrogens (primary N) is 2. The first kappa shape index (κ1) is 44.1. The molecular formula is C29H50N8O12. The molecule has 0 spiro atoms. The van der Waals surface area contributed by atoms with Gasteiger partial charge in [0.25, 0.3) is 0 Å². The number of hydrogen-bond donors (Lipinski definition) is 11. The third-order valence-electron chi connectivity index (χ3n) is 7.36. The summed E-state index contributed by atoms with van der Waals surface area (Å²) in [6.07, 6.45) is -2.76. The van der Waals surface area contributed by atoms with Crippen LogP contribution in [-0.2, 0) is 43.2 Å². The van der Waals surface area contributed by atoms with Gasteiger partial charge in [0.1, 0.15) is 36.3 Å². The highest BCUT2D eigenvalue weighted by molar-refractivity contribution is 5.98. The Morgan fingerprint density at radius 3 is 1.61 bits per heavy atom. The summed E-state index contributed by atoms with van der Waals surface area (Å²) >= 11 is 0. The standard InChI is InChI=1S/C29H50N8O12/c1-7-13(4)22(36-28(47)23(15(6)38)37-25(44)17(10-18(31)39)33-19(40)11-30)27(46)35-21(12(2)3)26(45)32-14(5)24(43)34-16(29(48)49)8-9-20(41)42/h12-17,21-23,38H,7-11,30H2,1-6H3,(H2,31,39)(H,32,45)(H,33,40)(H,34,43)(H,35,46)(H,36,47)(H,37,44)(H,41,42)(H,48,49)/t13-,14-,15+,16-,17-,21-,22-,23-/m0/s1. The number of aliphatic carboxylic acids is 2. The van der Waals surface area contributed by atoms with E-state index in [0.717, 1.165) is 0 Å². The van der Waals surface area contributed by atoms with Crippen LogP contribution in [0.3, 0.4) is 0 Å². The quantitative estimate of drug-likeness (QED) is 0.0510. The Bertz CT molecular complexity index is 1230. The number of nitrogens with one attached hydrogen (secondary N) is 6. The van der Waals surface area contributed by atoms with Crippen LogP contribution in [0.2, 0.25) is 0 Å². The lowest BCUT2D eigenvalue weighted by Crippen LogP contribution is -2.62. The molecule has 20 heteroatoms. The number of primary amides is 1. The molecule has 0 rings (SSSR count). The summed E-state index contributed by atoms with van der Waals surface area (Å²) in [4.78, 5) is 111. The first-order valence-electron chi connectivity index (χ1n) is 15.6. The molecule has 0 fully saturated rings. The van der Waals surface area contributed by atoms with E-state index in [4.69, 9.17) is 16.6 Å². The largest absolute Gasteiger partial charge is 0.481 e. The Labute approximate surface area is 283 Å². The van der Waals surface area contributed by atoms with Crippen molar-refractivity contribution in [3.05, 3.63) is 0 Å². The average molecular weight is 703 g/mol. The fourth-order valence-corrected chi connectivity index (χ4v) is 4.24. The first-order chi connectivity index (χ1) is 22.7. The van der Waals surface area contributed by atoms with Crippen LogP contribution >= 0.6 is 0 Å². The molecule has 8 atom stereocenters. The normalized spacial score (nSPS) is 15.9. The van der Waals surface area contributed by atoms with Gasteiger partial charge in [-0.05, 0) is 32.1 Å². The number of aliphatic hydroxyl groups is 1. The zero-order valence-electron chi connectivity index (χ0n) is 28.4. The molecule has 0 saturated carbocycles. The number of rotatable bonds is 22. The Morgan fingerprint density at radius 2 is 1.16 bits per heavy atom. The second-order valence-corrected chi connectivity index (χ2v) is 11.9. The van der Waals surface area contributed by atoms with E-state index in [1.807, 2.05) is 0 Å². The smallest absolute Gasteiger partial charge is 0.326 e. The molecule has 0 aromatic carbocycles. The van der Waals surface area contributed by atoms with Gasteiger partial charge < -0.3 is 58.7 Å². The van der Waals surface area contributed by atoms with Crippen LogP contribution in [0.15, 0.2) is 0 Å². The average Bonchev–Trinajstić information content (AvgIpc) is 3.00. The molecule has 0 radical (unpaired) electrons. The van der Waals surface area contributed by atoms with Crippen molar-refractivity contribution in [2.24, 2.45) is 23.3 Å². The van der Waals surface area contributed by atoms with Gasteiger partial charge >= 0.3 is 11.9 Å². The van der Waals surface area contributed by atoms with E-state index in [2.05, 4.69) is 31.9 Å². The van der Waals surface area contributed by atoms with Crippen LogP contribution < -0.4 is 43.4 Å².